The first-order chi connectivity index (χ1) is 13.9. The number of rotatable bonds is 5. The van der Waals surface area contributed by atoms with E-state index in [2.05, 4.69) is 4.99 Å². The van der Waals surface area contributed by atoms with Crippen molar-refractivity contribution >= 4 is 32.7 Å². The average molecular weight is 433 g/mol. The van der Waals surface area contributed by atoms with Crippen LogP contribution in [0.25, 0.3) is 0 Å². The SMILES string of the molecule is O=C(Cc1ccc(F)cc1)N=C1S[C@@H]2CS(=O)(=O)C[C@@H]2N1CCc1ccccc1. The summed E-state index contributed by atoms with van der Waals surface area (Å²) in [5.41, 5.74) is 1.85. The van der Waals surface area contributed by atoms with Gasteiger partial charge in [0.05, 0.1) is 24.0 Å². The van der Waals surface area contributed by atoms with E-state index in [1.165, 1.54) is 23.9 Å². The van der Waals surface area contributed by atoms with Crippen molar-refractivity contribution in [2.75, 3.05) is 18.1 Å². The highest BCUT2D eigenvalue weighted by Gasteiger charge is 2.48. The first-order valence-electron chi connectivity index (χ1n) is 9.43. The Morgan fingerprint density at radius 2 is 1.79 bits per heavy atom. The van der Waals surface area contributed by atoms with Crippen LogP contribution in [0.2, 0.25) is 0 Å². The van der Waals surface area contributed by atoms with Gasteiger partial charge in [-0.3, -0.25) is 4.79 Å². The lowest BCUT2D eigenvalue weighted by molar-refractivity contribution is -0.117. The van der Waals surface area contributed by atoms with Crippen LogP contribution in [-0.2, 0) is 27.5 Å². The van der Waals surface area contributed by atoms with Gasteiger partial charge in [0.1, 0.15) is 5.82 Å². The third kappa shape index (κ3) is 4.87. The summed E-state index contributed by atoms with van der Waals surface area (Å²) in [4.78, 5) is 18.8. The van der Waals surface area contributed by atoms with Gasteiger partial charge in [-0.25, -0.2) is 12.8 Å². The van der Waals surface area contributed by atoms with Crippen molar-refractivity contribution in [1.82, 2.24) is 4.90 Å². The van der Waals surface area contributed by atoms with Gasteiger partial charge in [-0.1, -0.05) is 54.2 Å². The Balaban J connectivity index is 1.51. The smallest absolute Gasteiger partial charge is 0.252 e. The fourth-order valence-electron chi connectivity index (χ4n) is 3.71. The van der Waals surface area contributed by atoms with Gasteiger partial charge in [-0.05, 0) is 29.7 Å². The molecule has 1 amide bonds. The molecule has 0 aromatic heterocycles. The monoisotopic (exact) mass is 432 g/mol. The zero-order chi connectivity index (χ0) is 20.4. The lowest BCUT2D eigenvalue weighted by atomic mass is 10.1. The minimum absolute atomic E-state index is 0.0878. The highest BCUT2D eigenvalue weighted by Crippen LogP contribution is 2.38. The highest BCUT2D eigenvalue weighted by atomic mass is 32.2. The topological polar surface area (TPSA) is 66.8 Å². The van der Waals surface area contributed by atoms with Crippen molar-refractivity contribution in [3.05, 3.63) is 71.5 Å². The summed E-state index contributed by atoms with van der Waals surface area (Å²) in [7, 11) is -3.06. The fraction of sp³-hybridized carbons (Fsp3) is 0.333. The molecule has 2 aromatic rings. The van der Waals surface area contributed by atoms with Crippen LogP contribution in [0.3, 0.4) is 0 Å². The van der Waals surface area contributed by atoms with Gasteiger partial charge in [-0.15, -0.1) is 0 Å². The zero-order valence-electron chi connectivity index (χ0n) is 15.7. The van der Waals surface area contributed by atoms with E-state index in [9.17, 15) is 17.6 Å². The number of fused-ring (bicyclic) bond motifs is 1. The van der Waals surface area contributed by atoms with Crippen molar-refractivity contribution < 1.29 is 17.6 Å². The minimum Gasteiger partial charge on any atom is -0.346 e. The number of benzene rings is 2. The van der Waals surface area contributed by atoms with Crippen molar-refractivity contribution in [2.24, 2.45) is 4.99 Å². The zero-order valence-corrected chi connectivity index (χ0v) is 17.3. The van der Waals surface area contributed by atoms with E-state index in [4.69, 9.17) is 0 Å². The van der Waals surface area contributed by atoms with E-state index >= 15 is 0 Å². The van der Waals surface area contributed by atoms with E-state index in [-0.39, 0.29) is 40.9 Å². The van der Waals surface area contributed by atoms with Crippen LogP contribution in [0.15, 0.2) is 59.6 Å². The van der Waals surface area contributed by atoms with Crippen LogP contribution < -0.4 is 0 Å². The lowest BCUT2D eigenvalue weighted by Crippen LogP contribution is -2.39. The first kappa shape index (κ1) is 20.1. The maximum absolute atomic E-state index is 13.1. The molecule has 0 unspecified atom stereocenters. The van der Waals surface area contributed by atoms with Gasteiger partial charge >= 0.3 is 0 Å². The third-order valence-electron chi connectivity index (χ3n) is 5.15. The summed E-state index contributed by atoms with van der Waals surface area (Å²) in [5, 5.41) is 0.506. The number of hydrogen-bond donors (Lipinski definition) is 0. The molecule has 0 saturated carbocycles. The Hall–Kier alpha value is -2.19. The van der Waals surface area contributed by atoms with Gasteiger partial charge in [0, 0.05) is 11.8 Å². The maximum atomic E-state index is 13.1. The summed E-state index contributed by atoms with van der Waals surface area (Å²) >= 11 is 1.38. The number of sulfone groups is 1. The normalized spacial score (nSPS) is 24.0. The molecule has 2 heterocycles. The molecular weight excluding hydrogens is 411 g/mol. The lowest BCUT2D eigenvalue weighted by Gasteiger charge is -2.24. The number of amidine groups is 1. The molecule has 4 rings (SSSR count). The van der Waals surface area contributed by atoms with E-state index < -0.39 is 9.84 Å². The van der Waals surface area contributed by atoms with Crippen LogP contribution in [0, 0.1) is 5.82 Å². The molecule has 2 aliphatic rings. The van der Waals surface area contributed by atoms with E-state index in [1.807, 2.05) is 35.2 Å². The molecule has 0 N–H and O–H groups in total. The number of halogens is 1. The molecule has 2 aromatic carbocycles. The number of nitrogens with zero attached hydrogens (tertiary/aromatic N) is 2. The Morgan fingerprint density at radius 1 is 1.07 bits per heavy atom. The molecule has 29 heavy (non-hydrogen) atoms. The van der Waals surface area contributed by atoms with Gasteiger partial charge < -0.3 is 4.90 Å². The minimum atomic E-state index is -3.06. The van der Waals surface area contributed by atoms with Gasteiger partial charge in [0.25, 0.3) is 5.91 Å². The van der Waals surface area contributed by atoms with Crippen LogP contribution in [0.4, 0.5) is 4.39 Å². The van der Waals surface area contributed by atoms with Gasteiger partial charge in [0.15, 0.2) is 15.0 Å². The van der Waals surface area contributed by atoms with E-state index in [0.717, 1.165) is 12.0 Å². The van der Waals surface area contributed by atoms with Crippen LogP contribution in [-0.4, -0.2) is 53.7 Å². The number of aliphatic imine (C=N–C) groups is 1. The highest BCUT2D eigenvalue weighted by molar-refractivity contribution is 8.15. The molecule has 2 atom stereocenters. The Labute approximate surface area is 173 Å². The maximum Gasteiger partial charge on any atom is 0.252 e. The summed E-state index contributed by atoms with van der Waals surface area (Å²) in [5.74, 6) is -0.438. The predicted octanol–water partition coefficient (Wildman–Crippen LogP) is 2.71. The van der Waals surface area contributed by atoms with Crippen LogP contribution >= 0.6 is 11.8 Å². The summed E-state index contributed by atoms with van der Waals surface area (Å²) in [6, 6.07) is 15.6. The average Bonchev–Trinajstić information content (AvgIpc) is 3.14. The molecule has 2 saturated heterocycles. The molecule has 8 heteroatoms. The van der Waals surface area contributed by atoms with Gasteiger partial charge in [0.2, 0.25) is 0 Å². The number of thioether (sulfide) groups is 1. The summed E-state index contributed by atoms with van der Waals surface area (Å²) in [6.07, 6.45) is 0.834. The Kier molecular flexibility index (Phi) is 5.74. The first-order valence-corrected chi connectivity index (χ1v) is 12.1. The van der Waals surface area contributed by atoms with Crippen molar-refractivity contribution in [2.45, 2.75) is 24.1 Å². The summed E-state index contributed by atoms with van der Waals surface area (Å²) < 4.78 is 37.2. The molecule has 0 spiro atoms. The third-order valence-corrected chi connectivity index (χ3v) is 8.40. The number of carbonyl (C=O) groups is 1. The Bertz CT molecular complexity index is 1020. The Morgan fingerprint density at radius 3 is 2.52 bits per heavy atom. The molecule has 152 valence electrons. The summed E-state index contributed by atoms with van der Waals surface area (Å²) in [6.45, 7) is 0.608. The molecule has 0 bridgehead atoms. The van der Waals surface area contributed by atoms with Crippen molar-refractivity contribution in [1.29, 1.82) is 0 Å². The van der Waals surface area contributed by atoms with Gasteiger partial charge in [-0.2, -0.15) is 4.99 Å². The quantitative estimate of drug-likeness (QED) is 0.727. The van der Waals surface area contributed by atoms with Crippen LogP contribution in [0.5, 0.6) is 0 Å². The number of carbonyl (C=O) groups excluding carboxylic acids is 1. The number of hydrogen-bond acceptors (Lipinski definition) is 4. The second kappa shape index (κ2) is 8.28. The standard InChI is InChI=1S/C21H21FN2O3S2/c22-17-8-6-16(7-9-17)12-20(25)23-21-24(11-10-15-4-2-1-3-5-15)18-13-29(26,27)14-19(18)28-21/h1-9,18-19H,10-14H2/t18-,19+/m0/s1. The van der Waals surface area contributed by atoms with Crippen molar-refractivity contribution in [3.8, 4) is 0 Å². The molecular formula is C21H21FN2O3S2. The molecule has 0 aliphatic carbocycles. The van der Waals surface area contributed by atoms with Crippen molar-refractivity contribution in [3.63, 3.8) is 0 Å². The largest absolute Gasteiger partial charge is 0.346 e. The van der Waals surface area contributed by atoms with E-state index in [0.29, 0.717) is 17.3 Å². The van der Waals surface area contributed by atoms with Crippen LogP contribution in [0.1, 0.15) is 11.1 Å². The second-order valence-electron chi connectivity index (χ2n) is 7.32. The molecule has 5 nitrogen and oxygen atoms in total. The van der Waals surface area contributed by atoms with E-state index in [1.54, 1.807) is 12.1 Å². The second-order valence-corrected chi connectivity index (χ2v) is 10.7. The molecule has 2 aliphatic heterocycles. The molecule has 0 radical (unpaired) electrons. The fourth-order valence-corrected chi connectivity index (χ4v) is 7.71. The number of amides is 1. The molecule has 2 fully saturated rings. The predicted molar refractivity (Wildman–Crippen MR) is 113 cm³/mol.